The normalized spacial score (nSPS) is 18.6. The minimum atomic E-state index is -1.25. The second-order valence-electron chi connectivity index (χ2n) is 11.7. The predicted octanol–water partition coefficient (Wildman–Crippen LogP) is 3.93. The predicted molar refractivity (Wildman–Crippen MR) is 157 cm³/mol. The number of alkyl carbamates (subject to hydrolysis) is 1. The van der Waals surface area contributed by atoms with Gasteiger partial charge in [0.05, 0.1) is 19.4 Å². The molecule has 3 amide bonds. The molecule has 0 bridgehead atoms. The monoisotopic (exact) mass is 598 g/mol. The largest absolute Gasteiger partial charge is 0.465 e. The average Bonchev–Trinajstić information content (AvgIpc) is 3.45. The fourth-order valence-corrected chi connectivity index (χ4v) is 5.46. The number of carboxylic acid groups (broad SMARTS) is 1. The van der Waals surface area contributed by atoms with Crippen molar-refractivity contribution >= 4 is 52.4 Å². The third kappa shape index (κ3) is 6.35. The number of benzene rings is 1. The third-order valence-electron chi connectivity index (χ3n) is 7.32. The molecule has 42 heavy (non-hydrogen) atoms. The van der Waals surface area contributed by atoms with Crippen LogP contribution in [0.2, 0.25) is 5.02 Å². The first-order valence-corrected chi connectivity index (χ1v) is 14.3. The van der Waals surface area contributed by atoms with Crippen LogP contribution in [0.3, 0.4) is 0 Å². The van der Waals surface area contributed by atoms with Crippen molar-refractivity contribution in [3.8, 4) is 0 Å². The second kappa shape index (κ2) is 11.3. The van der Waals surface area contributed by atoms with Gasteiger partial charge in [0.2, 0.25) is 5.91 Å². The minimum absolute atomic E-state index is 0.0949. The van der Waals surface area contributed by atoms with Crippen LogP contribution in [0.1, 0.15) is 58.1 Å². The summed E-state index contributed by atoms with van der Waals surface area (Å²) in [5, 5.41) is 18.0. The number of aromatic nitrogens is 4. The molecule has 1 aliphatic heterocycles. The summed E-state index contributed by atoms with van der Waals surface area (Å²) >= 11 is 6.59. The van der Waals surface area contributed by atoms with Crippen LogP contribution in [0.5, 0.6) is 0 Å². The molecular formula is C28H35ClN8O5. The molecule has 0 spiro atoms. The fraction of sp³-hybridized carbons (Fsp3) is 0.500. The van der Waals surface area contributed by atoms with Crippen molar-refractivity contribution in [2.24, 2.45) is 0 Å². The fourth-order valence-electron chi connectivity index (χ4n) is 5.23. The van der Waals surface area contributed by atoms with Gasteiger partial charge in [0.1, 0.15) is 17.5 Å². The maximum atomic E-state index is 13.6. The van der Waals surface area contributed by atoms with Gasteiger partial charge in [-0.25, -0.2) is 24.5 Å². The number of amides is 3. The summed E-state index contributed by atoms with van der Waals surface area (Å²) in [6.45, 7) is 8.43. The first-order chi connectivity index (χ1) is 19.9. The van der Waals surface area contributed by atoms with E-state index >= 15 is 0 Å². The molecular weight excluding hydrogens is 564 g/mol. The molecule has 5 rings (SSSR count). The molecule has 2 aliphatic rings. The molecule has 3 heterocycles. The van der Waals surface area contributed by atoms with E-state index in [9.17, 15) is 19.5 Å². The molecule has 2 fully saturated rings. The van der Waals surface area contributed by atoms with Gasteiger partial charge in [-0.2, -0.15) is 0 Å². The van der Waals surface area contributed by atoms with Crippen LogP contribution in [-0.4, -0.2) is 73.0 Å². The highest BCUT2D eigenvalue weighted by Crippen LogP contribution is 2.36. The van der Waals surface area contributed by atoms with Crippen LogP contribution in [0.15, 0.2) is 24.8 Å². The Morgan fingerprint density at radius 2 is 1.95 bits per heavy atom. The van der Waals surface area contributed by atoms with E-state index in [1.165, 1.54) is 6.33 Å². The Morgan fingerprint density at radius 3 is 2.62 bits per heavy atom. The topological polar surface area (TPSA) is 164 Å². The lowest BCUT2D eigenvalue weighted by molar-refractivity contribution is -0.127. The average molecular weight is 599 g/mol. The highest BCUT2D eigenvalue weighted by molar-refractivity contribution is 6.31. The third-order valence-corrected chi connectivity index (χ3v) is 7.54. The van der Waals surface area contributed by atoms with Crippen LogP contribution >= 0.6 is 11.6 Å². The van der Waals surface area contributed by atoms with Crippen molar-refractivity contribution in [2.45, 2.75) is 77.1 Å². The summed E-state index contributed by atoms with van der Waals surface area (Å²) in [4.78, 5) is 52.5. The van der Waals surface area contributed by atoms with Gasteiger partial charge in [0.15, 0.2) is 17.0 Å². The minimum Gasteiger partial charge on any atom is -0.465 e. The molecule has 2 aromatic heterocycles. The van der Waals surface area contributed by atoms with E-state index in [2.05, 4.69) is 35.8 Å². The zero-order valence-electron chi connectivity index (χ0n) is 24.0. The van der Waals surface area contributed by atoms with E-state index in [1.807, 2.05) is 23.6 Å². The number of hydrogen-bond acceptors (Lipinski definition) is 8. The van der Waals surface area contributed by atoms with Gasteiger partial charge >= 0.3 is 12.2 Å². The summed E-state index contributed by atoms with van der Waals surface area (Å²) < 4.78 is 7.34. The zero-order chi connectivity index (χ0) is 30.2. The highest BCUT2D eigenvalue weighted by atomic mass is 35.5. The highest BCUT2D eigenvalue weighted by Gasteiger charge is 2.48. The van der Waals surface area contributed by atoms with Crippen LogP contribution in [0.25, 0.3) is 11.2 Å². The van der Waals surface area contributed by atoms with E-state index in [1.54, 1.807) is 27.1 Å². The Labute approximate surface area is 248 Å². The number of nitrogens with one attached hydrogen (secondary N) is 3. The molecule has 1 aromatic carbocycles. The number of ether oxygens (including phenoxy) is 1. The van der Waals surface area contributed by atoms with E-state index in [4.69, 9.17) is 16.3 Å². The standard InChI is InChI=1S/C28H35ClN8O5/c1-5-16-10-17(29)11-20(19(16)12-37-15-32-21-22(34-25(39)40)30-14-31-23(21)37)36-9-8-28(13-36,24(38)33-18-6-7-18)35-26(41)42-27(2,3)4/h10-11,14-15,18H,5-9,12-13H2,1-4H3,(H,33,38)(H,35,41)(H,39,40)(H,30,31,34)/t28-/m1/s1. The van der Waals surface area contributed by atoms with Crippen molar-refractivity contribution in [3.63, 3.8) is 0 Å². The van der Waals surface area contributed by atoms with Crippen LogP contribution in [0, 0.1) is 0 Å². The molecule has 1 aliphatic carbocycles. The molecule has 1 saturated carbocycles. The molecule has 1 saturated heterocycles. The summed E-state index contributed by atoms with van der Waals surface area (Å²) in [5.74, 6) is -0.133. The number of aryl methyl sites for hydroxylation is 1. The smallest absolute Gasteiger partial charge is 0.410 e. The maximum Gasteiger partial charge on any atom is 0.410 e. The summed E-state index contributed by atoms with van der Waals surface area (Å²) in [6.07, 6.45) is 3.88. The van der Waals surface area contributed by atoms with Crippen molar-refractivity contribution in [2.75, 3.05) is 23.3 Å². The van der Waals surface area contributed by atoms with Crippen molar-refractivity contribution in [1.82, 2.24) is 30.2 Å². The molecule has 13 nitrogen and oxygen atoms in total. The Bertz CT molecular complexity index is 1530. The lowest BCUT2D eigenvalue weighted by atomic mass is 9.97. The second-order valence-corrected chi connectivity index (χ2v) is 12.2. The Hall–Kier alpha value is -4.13. The van der Waals surface area contributed by atoms with E-state index in [0.717, 1.165) is 29.7 Å². The van der Waals surface area contributed by atoms with Gasteiger partial charge in [-0.3, -0.25) is 10.1 Å². The van der Waals surface area contributed by atoms with E-state index in [-0.39, 0.29) is 24.3 Å². The van der Waals surface area contributed by atoms with Crippen LogP contribution in [0.4, 0.5) is 21.1 Å². The first-order valence-electron chi connectivity index (χ1n) is 13.9. The number of carbonyl (C=O) groups excluding carboxylic acids is 2. The quantitative estimate of drug-likeness (QED) is 0.301. The number of halogens is 1. The summed E-state index contributed by atoms with van der Waals surface area (Å²) in [7, 11) is 0. The number of hydrogen-bond donors (Lipinski definition) is 4. The summed E-state index contributed by atoms with van der Waals surface area (Å²) in [6, 6.07) is 3.90. The number of anilines is 2. The lowest BCUT2D eigenvalue weighted by Gasteiger charge is -2.32. The molecule has 1 atom stereocenters. The molecule has 14 heteroatoms. The van der Waals surface area contributed by atoms with Gasteiger partial charge < -0.3 is 29.9 Å². The number of imidazole rings is 1. The van der Waals surface area contributed by atoms with Gasteiger partial charge in [-0.15, -0.1) is 0 Å². The molecule has 3 aromatic rings. The van der Waals surface area contributed by atoms with Crippen LogP contribution < -0.4 is 20.9 Å². The zero-order valence-corrected chi connectivity index (χ0v) is 24.8. The molecule has 224 valence electrons. The Morgan fingerprint density at radius 1 is 1.19 bits per heavy atom. The van der Waals surface area contributed by atoms with Crippen molar-refractivity contribution < 1.29 is 24.2 Å². The number of rotatable bonds is 8. The molecule has 4 N–H and O–H groups in total. The van der Waals surface area contributed by atoms with Gasteiger partial charge in [0, 0.05) is 23.3 Å². The first kappa shape index (κ1) is 29.4. The SMILES string of the molecule is CCc1cc(Cl)cc(N2CC[C@](NC(=O)OC(C)(C)C)(C(=O)NC3CC3)C2)c1Cn1cnc2c(NC(=O)O)ncnc21. The van der Waals surface area contributed by atoms with E-state index < -0.39 is 23.3 Å². The number of fused-ring (bicyclic) bond motifs is 1. The molecule has 0 unspecified atom stereocenters. The lowest BCUT2D eigenvalue weighted by Crippen LogP contribution is -2.61. The Kier molecular flexibility index (Phi) is 7.88. The maximum absolute atomic E-state index is 13.6. The summed E-state index contributed by atoms with van der Waals surface area (Å²) in [5.41, 5.74) is 1.65. The van der Waals surface area contributed by atoms with Gasteiger partial charge in [-0.05, 0) is 69.7 Å². The van der Waals surface area contributed by atoms with Crippen molar-refractivity contribution in [3.05, 3.63) is 40.9 Å². The molecule has 0 radical (unpaired) electrons. The van der Waals surface area contributed by atoms with E-state index in [0.29, 0.717) is 42.1 Å². The Balaban J connectivity index is 1.49. The van der Waals surface area contributed by atoms with Crippen molar-refractivity contribution in [1.29, 1.82) is 0 Å². The number of nitrogens with zero attached hydrogens (tertiary/aromatic N) is 5. The number of carbonyl (C=O) groups is 3. The van der Waals surface area contributed by atoms with Gasteiger partial charge in [-0.1, -0.05) is 18.5 Å². The van der Waals surface area contributed by atoms with Crippen LogP contribution in [-0.2, 0) is 22.5 Å². The van der Waals surface area contributed by atoms with Gasteiger partial charge in [0.25, 0.3) is 0 Å².